The van der Waals surface area contributed by atoms with Crippen LogP contribution in [-0.4, -0.2) is 8.07 Å². The largest absolute Gasteiger partial charge is 0.0867 e. The fraction of sp³-hybridized carbons (Fsp3) is 0.667. The minimum absolute atomic E-state index is 1.26. The zero-order chi connectivity index (χ0) is 14.8. The van der Waals surface area contributed by atoms with Crippen molar-refractivity contribution in [3.05, 3.63) is 28.7 Å². The van der Waals surface area contributed by atoms with Crippen LogP contribution in [0, 0.1) is 0 Å². The molecule has 0 nitrogen and oxygen atoms in total. The van der Waals surface area contributed by atoms with Gasteiger partial charge in [-0.25, -0.2) is 0 Å². The van der Waals surface area contributed by atoms with Crippen LogP contribution in [-0.2, 0) is 0 Å². The first-order valence-corrected chi connectivity index (χ1v) is 11.9. The Bertz CT molecular complexity index is 354. The fourth-order valence-electron chi connectivity index (χ4n) is 3.17. The Balaban J connectivity index is 3.04. The van der Waals surface area contributed by atoms with Gasteiger partial charge in [0.15, 0.2) is 0 Å². The van der Waals surface area contributed by atoms with Crippen LogP contribution in [0.1, 0.15) is 59.3 Å². The molecule has 0 saturated heterocycles. The van der Waals surface area contributed by atoms with Crippen LogP contribution in [0.5, 0.6) is 0 Å². The van der Waals surface area contributed by atoms with Crippen molar-refractivity contribution in [2.75, 3.05) is 0 Å². The van der Waals surface area contributed by atoms with Crippen molar-refractivity contribution in [2.24, 2.45) is 0 Å². The van der Waals surface area contributed by atoms with E-state index in [1.807, 2.05) is 0 Å². The number of hydrogen-bond acceptors (Lipinski definition) is 0. The van der Waals surface area contributed by atoms with Crippen molar-refractivity contribution >= 4 is 29.2 Å². The zero-order valence-electron chi connectivity index (χ0n) is 13.6. The maximum absolute atomic E-state index is 3.68. The Morgan fingerprint density at radius 1 is 0.850 bits per heavy atom. The molecule has 0 spiro atoms. The minimum Gasteiger partial charge on any atom is -0.0654 e. The van der Waals surface area contributed by atoms with Crippen LogP contribution in [0.4, 0.5) is 0 Å². The number of halogens is 1. The van der Waals surface area contributed by atoms with Gasteiger partial charge in [-0.2, -0.15) is 0 Å². The second-order valence-corrected chi connectivity index (χ2v) is 11.7. The van der Waals surface area contributed by atoms with Gasteiger partial charge in [-0.15, -0.1) is 0 Å². The van der Waals surface area contributed by atoms with Crippen molar-refractivity contribution in [3.63, 3.8) is 0 Å². The SMILES string of the molecule is CCCC[Si](CCCC)(CCCC)c1cccc(Br)c1. The molecule has 0 amide bonds. The van der Waals surface area contributed by atoms with E-state index in [0.717, 1.165) is 0 Å². The Hall–Kier alpha value is -0.0831. The molecule has 2 heteroatoms. The van der Waals surface area contributed by atoms with Crippen LogP contribution in [0.3, 0.4) is 0 Å². The summed E-state index contributed by atoms with van der Waals surface area (Å²) >= 11 is 3.68. The van der Waals surface area contributed by atoms with Crippen molar-refractivity contribution in [1.82, 2.24) is 0 Å². The number of benzene rings is 1. The maximum atomic E-state index is 3.68. The van der Waals surface area contributed by atoms with E-state index in [4.69, 9.17) is 0 Å². The molecule has 0 atom stereocenters. The lowest BCUT2D eigenvalue weighted by molar-refractivity contribution is 0.800. The summed E-state index contributed by atoms with van der Waals surface area (Å²) in [6.45, 7) is 7.00. The average molecular weight is 355 g/mol. The van der Waals surface area contributed by atoms with E-state index in [1.165, 1.54) is 61.1 Å². The van der Waals surface area contributed by atoms with E-state index in [1.54, 1.807) is 5.19 Å². The molecule has 0 aliphatic heterocycles. The van der Waals surface area contributed by atoms with Gasteiger partial charge in [0.05, 0.1) is 8.07 Å². The Kier molecular flexibility index (Phi) is 8.79. The van der Waals surface area contributed by atoms with Gasteiger partial charge in [0.1, 0.15) is 0 Å². The zero-order valence-corrected chi connectivity index (χ0v) is 16.1. The normalized spacial score (nSPS) is 11.8. The minimum atomic E-state index is -1.30. The van der Waals surface area contributed by atoms with E-state index in [-0.39, 0.29) is 0 Å². The second kappa shape index (κ2) is 9.78. The van der Waals surface area contributed by atoms with Gasteiger partial charge in [0, 0.05) is 4.47 Å². The predicted molar refractivity (Wildman–Crippen MR) is 98.7 cm³/mol. The highest BCUT2D eigenvalue weighted by atomic mass is 79.9. The highest BCUT2D eigenvalue weighted by Crippen LogP contribution is 2.29. The molecule has 0 unspecified atom stereocenters. The third kappa shape index (κ3) is 5.36. The summed E-state index contributed by atoms with van der Waals surface area (Å²) in [6.07, 6.45) is 8.23. The maximum Gasteiger partial charge on any atom is 0.0867 e. The summed E-state index contributed by atoms with van der Waals surface area (Å²) in [4.78, 5) is 0. The van der Waals surface area contributed by atoms with Gasteiger partial charge < -0.3 is 0 Å². The Morgan fingerprint density at radius 3 is 1.75 bits per heavy atom. The van der Waals surface area contributed by atoms with Crippen LogP contribution in [0.2, 0.25) is 18.1 Å². The summed E-state index contributed by atoms with van der Waals surface area (Å²) in [6, 6.07) is 13.7. The molecule has 0 aromatic heterocycles. The second-order valence-electron chi connectivity index (χ2n) is 6.10. The average Bonchev–Trinajstić information content (AvgIpc) is 2.47. The molecule has 0 aliphatic carbocycles. The summed E-state index contributed by atoms with van der Waals surface area (Å²) < 4.78 is 1.26. The standard InChI is InChI=1S/C18H31BrSi/c1-4-7-13-20(14-8-5-2,15-9-6-3)18-12-10-11-17(19)16-18/h10-12,16H,4-9,13-15H2,1-3H3. The smallest absolute Gasteiger partial charge is 0.0654 e. The number of rotatable bonds is 10. The fourth-order valence-corrected chi connectivity index (χ4v) is 9.40. The van der Waals surface area contributed by atoms with Gasteiger partial charge in [0.25, 0.3) is 0 Å². The van der Waals surface area contributed by atoms with Gasteiger partial charge in [-0.3, -0.25) is 0 Å². The molecule has 1 rings (SSSR count). The predicted octanol–water partition coefficient (Wildman–Crippen LogP) is 6.51. The summed E-state index contributed by atoms with van der Waals surface area (Å²) in [5.41, 5.74) is 0. The molecule has 114 valence electrons. The molecule has 0 aliphatic rings. The van der Waals surface area contributed by atoms with Gasteiger partial charge in [-0.05, 0) is 12.1 Å². The van der Waals surface area contributed by atoms with Gasteiger partial charge in [-0.1, -0.05) is 111 Å². The van der Waals surface area contributed by atoms with E-state index in [9.17, 15) is 0 Å². The van der Waals surface area contributed by atoms with Crippen molar-refractivity contribution in [1.29, 1.82) is 0 Å². The monoisotopic (exact) mass is 354 g/mol. The van der Waals surface area contributed by atoms with Crippen LogP contribution < -0.4 is 5.19 Å². The van der Waals surface area contributed by atoms with Crippen molar-refractivity contribution in [2.45, 2.75) is 77.4 Å². The third-order valence-electron chi connectivity index (χ3n) is 4.46. The van der Waals surface area contributed by atoms with Crippen LogP contribution in [0.25, 0.3) is 0 Å². The molecule has 20 heavy (non-hydrogen) atoms. The first kappa shape index (κ1) is 18.0. The lowest BCUT2D eigenvalue weighted by Crippen LogP contribution is -2.47. The van der Waals surface area contributed by atoms with Crippen LogP contribution in [0.15, 0.2) is 28.7 Å². The number of unbranched alkanes of at least 4 members (excludes halogenated alkanes) is 3. The first-order chi connectivity index (χ1) is 9.68. The highest BCUT2D eigenvalue weighted by molar-refractivity contribution is 9.10. The molecule has 0 saturated carbocycles. The molecule has 0 radical (unpaired) electrons. The van der Waals surface area contributed by atoms with Crippen LogP contribution >= 0.6 is 15.9 Å². The third-order valence-corrected chi connectivity index (χ3v) is 10.4. The van der Waals surface area contributed by atoms with Gasteiger partial charge in [0.2, 0.25) is 0 Å². The van der Waals surface area contributed by atoms with Crippen molar-refractivity contribution < 1.29 is 0 Å². The number of hydrogen-bond donors (Lipinski definition) is 0. The van der Waals surface area contributed by atoms with E-state index in [0.29, 0.717) is 0 Å². The molecule has 0 bridgehead atoms. The summed E-state index contributed by atoms with van der Waals surface area (Å²) in [5, 5.41) is 1.70. The summed E-state index contributed by atoms with van der Waals surface area (Å²) in [5.74, 6) is 0. The molecule has 1 aromatic rings. The quantitative estimate of drug-likeness (QED) is 0.420. The van der Waals surface area contributed by atoms with E-state index >= 15 is 0 Å². The van der Waals surface area contributed by atoms with Gasteiger partial charge >= 0.3 is 0 Å². The molecule has 0 fully saturated rings. The molecular formula is C18H31BrSi. The molecular weight excluding hydrogens is 324 g/mol. The topological polar surface area (TPSA) is 0 Å². The van der Waals surface area contributed by atoms with E-state index < -0.39 is 8.07 Å². The molecule has 0 heterocycles. The van der Waals surface area contributed by atoms with E-state index in [2.05, 4.69) is 61.0 Å². The first-order valence-electron chi connectivity index (χ1n) is 8.44. The molecule has 1 aromatic carbocycles. The lowest BCUT2D eigenvalue weighted by atomic mass is 10.3. The Labute approximate surface area is 135 Å². The molecule has 0 N–H and O–H groups in total. The lowest BCUT2D eigenvalue weighted by Gasteiger charge is -2.33. The summed E-state index contributed by atoms with van der Waals surface area (Å²) in [7, 11) is -1.30. The highest BCUT2D eigenvalue weighted by Gasteiger charge is 2.33. The van der Waals surface area contributed by atoms with Crippen molar-refractivity contribution in [3.8, 4) is 0 Å². The Morgan fingerprint density at radius 2 is 1.35 bits per heavy atom.